The maximum Gasteiger partial charge on any atom is 0.269 e. The minimum absolute atomic E-state index is 0.115. The molecule has 3 fully saturated rings. The number of aliphatic hydroxyl groups excluding tert-OH is 1. The van der Waals surface area contributed by atoms with E-state index in [2.05, 4.69) is 47.3 Å². The molecular weight excluding hydrogens is 380 g/mol. The van der Waals surface area contributed by atoms with Gasteiger partial charge in [-0.2, -0.15) is 0 Å². The van der Waals surface area contributed by atoms with Crippen LogP contribution < -0.4 is 0 Å². The Kier molecular flexibility index (Phi) is 6.59. The van der Waals surface area contributed by atoms with Gasteiger partial charge in [0.25, 0.3) is 5.95 Å². The van der Waals surface area contributed by atoms with Gasteiger partial charge in [-0.15, -0.1) is 0 Å². The van der Waals surface area contributed by atoms with E-state index in [1.165, 1.54) is 57.8 Å². The second kappa shape index (κ2) is 8.79. The fraction of sp³-hybridized carbons (Fsp3) is 0.862. The molecule has 2 heteroatoms. The van der Waals surface area contributed by atoms with Gasteiger partial charge in [0.15, 0.2) is 0 Å². The number of rotatable bonds is 7. The lowest BCUT2D eigenvalue weighted by Gasteiger charge is -2.58. The normalized spacial score (nSPS) is 42.9. The van der Waals surface area contributed by atoms with Gasteiger partial charge in [0.1, 0.15) is 6.10 Å². The molecule has 4 aliphatic rings. The Hall–Kier alpha value is -0.920. The second-order valence-electron chi connectivity index (χ2n) is 12.7. The van der Waals surface area contributed by atoms with Crippen LogP contribution in [0.5, 0.6) is 0 Å². The summed E-state index contributed by atoms with van der Waals surface area (Å²) in [7, 11) is 0. The summed E-state index contributed by atoms with van der Waals surface area (Å²) in [6.45, 7) is 16.1. The zero-order valence-corrected chi connectivity index (χ0v) is 21.0. The Morgan fingerprint density at radius 1 is 1.10 bits per heavy atom. The third kappa shape index (κ3) is 4.22. The Morgan fingerprint density at radius 3 is 2.58 bits per heavy atom. The predicted molar refractivity (Wildman–Crippen MR) is 130 cm³/mol. The fourth-order valence-corrected chi connectivity index (χ4v) is 8.95. The van der Waals surface area contributed by atoms with Gasteiger partial charge >= 0.3 is 0 Å². The second-order valence-corrected chi connectivity index (χ2v) is 12.7. The highest BCUT2D eigenvalue weighted by Crippen LogP contribution is 2.67. The van der Waals surface area contributed by atoms with Crippen molar-refractivity contribution in [2.75, 3.05) is 0 Å². The minimum atomic E-state index is -0.115. The highest BCUT2D eigenvalue weighted by atomic mass is 16.6. The van der Waals surface area contributed by atoms with Gasteiger partial charge in [-0.05, 0) is 97.9 Å². The molecule has 0 heterocycles. The van der Waals surface area contributed by atoms with E-state index in [0.29, 0.717) is 10.8 Å². The largest absolute Gasteiger partial charge is 0.481 e. The molecule has 8 atom stereocenters. The van der Waals surface area contributed by atoms with Crippen LogP contribution in [-0.4, -0.2) is 11.2 Å². The summed E-state index contributed by atoms with van der Waals surface area (Å²) in [5.41, 5.74) is 2.53. The first-order valence-electron chi connectivity index (χ1n) is 13.4. The highest BCUT2D eigenvalue weighted by molar-refractivity contribution is 5.25. The lowest BCUT2D eigenvalue weighted by Crippen LogP contribution is -2.51. The molecule has 1 N–H and O–H groups in total. The molecule has 0 bridgehead atoms. The Balaban J connectivity index is 1.47. The first-order chi connectivity index (χ1) is 14.6. The van der Waals surface area contributed by atoms with E-state index in [-0.39, 0.29) is 12.0 Å². The van der Waals surface area contributed by atoms with E-state index in [4.69, 9.17) is 4.74 Å². The molecule has 0 aliphatic heterocycles. The van der Waals surface area contributed by atoms with Gasteiger partial charge < -0.3 is 9.84 Å². The molecule has 3 saturated carbocycles. The quantitative estimate of drug-likeness (QED) is 0.325. The summed E-state index contributed by atoms with van der Waals surface area (Å²) in [5.74, 6) is 5.19. The van der Waals surface area contributed by atoms with Crippen molar-refractivity contribution in [2.24, 2.45) is 46.3 Å². The maximum atomic E-state index is 9.50. The van der Waals surface area contributed by atoms with Gasteiger partial charge in [0, 0.05) is 6.42 Å². The van der Waals surface area contributed by atoms with Gasteiger partial charge in [0.2, 0.25) is 0 Å². The average Bonchev–Trinajstić information content (AvgIpc) is 3.05. The molecule has 0 aromatic carbocycles. The smallest absolute Gasteiger partial charge is 0.269 e. The van der Waals surface area contributed by atoms with Crippen molar-refractivity contribution in [3.8, 4) is 0 Å². The van der Waals surface area contributed by atoms with Crippen LogP contribution in [0.15, 0.2) is 24.2 Å². The van der Waals surface area contributed by atoms with E-state index in [1.807, 2.05) is 0 Å². The van der Waals surface area contributed by atoms with Gasteiger partial charge in [-0.25, -0.2) is 0 Å². The van der Waals surface area contributed by atoms with Crippen LogP contribution in [0.1, 0.15) is 105 Å². The van der Waals surface area contributed by atoms with E-state index in [1.54, 1.807) is 5.57 Å². The number of ether oxygens (including phenoxy) is 1. The van der Waals surface area contributed by atoms with Gasteiger partial charge in [-0.3, -0.25) is 0 Å². The third-order valence-electron chi connectivity index (χ3n) is 10.6. The molecule has 0 aromatic rings. The molecule has 2 nitrogen and oxygen atoms in total. The molecule has 4 rings (SSSR count). The summed E-state index contributed by atoms with van der Waals surface area (Å²) in [5, 5.41) is 9.50. The predicted octanol–water partition coefficient (Wildman–Crippen LogP) is 8.44. The Morgan fingerprint density at radius 2 is 1.87 bits per heavy atom. The lowest BCUT2D eigenvalue weighted by molar-refractivity contribution is -0.0644. The molecular formula is C29H48O2. The topological polar surface area (TPSA) is 29.5 Å². The maximum absolute atomic E-state index is 9.50. The van der Waals surface area contributed by atoms with Crippen molar-refractivity contribution in [2.45, 2.75) is 111 Å². The van der Waals surface area contributed by atoms with Crippen LogP contribution in [0.2, 0.25) is 0 Å². The van der Waals surface area contributed by atoms with Crippen molar-refractivity contribution in [1.29, 1.82) is 0 Å². The molecule has 0 amide bonds. The van der Waals surface area contributed by atoms with Crippen LogP contribution in [0.3, 0.4) is 0 Å². The average molecular weight is 429 g/mol. The molecule has 8 unspecified atom stereocenters. The SMILES string of the molecule is C=C(O)OC1CCC2(C)C(=CCC3C2CCC2(C)C(C(C)CCCC(C)C)CCC32)C1. The number of hydrogen-bond acceptors (Lipinski definition) is 2. The van der Waals surface area contributed by atoms with Crippen LogP contribution in [0, 0.1) is 46.3 Å². The van der Waals surface area contributed by atoms with Crippen LogP contribution >= 0.6 is 0 Å². The Bertz CT molecular complexity index is 693. The summed E-state index contributed by atoms with van der Waals surface area (Å²) >= 11 is 0. The van der Waals surface area contributed by atoms with Gasteiger partial charge in [0.05, 0.1) is 0 Å². The minimum Gasteiger partial charge on any atom is -0.481 e. The van der Waals surface area contributed by atoms with Crippen molar-refractivity contribution in [3.63, 3.8) is 0 Å². The van der Waals surface area contributed by atoms with Crippen molar-refractivity contribution >= 4 is 0 Å². The van der Waals surface area contributed by atoms with Crippen molar-refractivity contribution < 1.29 is 9.84 Å². The van der Waals surface area contributed by atoms with Crippen molar-refractivity contribution in [3.05, 3.63) is 24.2 Å². The fourth-order valence-electron chi connectivity index (χ4n) is 8.95. The van der Waals surface area contributed by atoms with E-state index >= 15 is 0 Å². The number of allylic oxidation sites excluding steroid dienone is 1. The summed E-state index contributed by atoms with van der Waals surface area (Å²) in [4.78, 5) is 0. The van der Waals surface area contributed by atoms with E-state index in [9.17, 15) is 5.11 Å². The first kappa shape index (κ1) is 23.2. The number of hydrogen-bond donors (Lipinski definition) is 1. The van der Waals surface area contributed by atoms with E-state index in [0.717, 1.165) is 48.3 Å². The third-order valence-corrected chi connectivity index (χ3v) is 10.6. The number of fused-ring (bicyclic) bond motifs is 5. The summed E-state index contributed by atoms with van der Waals surface area (Å²) < 4.78 is 5.61. The summed E-state index contributed by atoms with van der Waals surface area (Å²) in [6, 6.07) is 0. The monoisotopic (exact) mass is 428 g/mol. The Labute approximate surface area is 191 Å². The van der Waals surface area contributed by atoms with Gasteiger partial charge in [-0.1, -0.05) is 65.5 Å². The standard InChI is InChI=1S/C29H48O2/c1-19(2)8-7-9-20(3)25-12-13-26-24-11-10-22-18-23(31-21(4)30)14-16-28(22,5)27(24)15-17-29(25,26)6/h10,19-20,23-27,30H,4,7-9,11-18H2,1-3,5-6H3. The molecule has 4 aliphatic carbocycles. The molecule has 176 valence electrons. The van der Waals surface area contributed by atoms with Crippen molar-refractivity contribution in [1.82, 2.24) is 0 Å². The lowest BCUT2D eigenvalue weighted by atomic mass is 9.47. The zero-order chi connectivity index (χ0) is 22.4. The molecule has 0 radical (unpaired) electrons. The summed E-state index contributed by atoms with van der Waals surface area (Å²) in [6.07, 6.45) is 17.2. The van der Waals surface area contributed by atoms with Crippen LogP contribution in [0.4, 0.5) is 0 Å². The first-order valence-corrected chi connectivity index (χ1v) is 13.4. The highest BCUT2D eigenvalue weighted by Gasteiger charge is 2.59. The van der Waals surface area contributed by atoms with Crippen LogP contribution in [0.25, 0.3) is 0 Å². The molecule has 0 saturated heterocycles. The van der Waals surface area contributed by atoms with Crippen LogP contribution in [-0.2, 0) is 4.74 Å². The number of aliphatic hydroxyl groups is 1. The zero-order valence-electron chi connectivity index (χ0n) is 21.0. The molecule has 31 heavy (non-hydrogen) atoms. The van der Waals surface area contributed by atoms with E-state index < -0.39 is 0 Å². The molecule has 0 spiro atoms. The molecule has 0 aromatic heterocycles.